The summed E-state index contributed by atoms with van der Waals surface area (Å²) in [5, 5.41) is 6.20. The van der Waals surface area contributed by atoms with Crippen LogP contribution < -0.4 is 10.6 Å². The third kappa shape index (κ3) is 2.19. The third-order valence-corrected chi connectivity index (χ3v) is 2.71. The average Bonchev–Trinajstić information content (AvgIpc) is 2.74. The number of amides is 1. The fourth-order valence-corrected chi connectivity index (χ4v) is 1.85. The molecule has 0 saturated carbocycles. The van der Waals surface area contributed by atoms with E-state index in [2.05, 4.69) is 10.6 Å². The van der Waals surface area contributed by atoms with Crippen LogP contribution in [0.25, 0.3) is 0 Å². The lowest BCUT2D eigenvalue weighted by Crippen LogP contribution is -2.39. The van der Waals surface area contributed by atoms with Crippen molar-refractivity contribution in [2.75, 3.05) is 26.3 Å². The number of carbonyl (C=O) groups excluding carboxylic acids is 1. The smallest absolute Gasteiger partial charge is 0.224 e. The second-order valence-electron chi connectivity index (χ2n) is 3.76. The van der Waals surface area contributed by atoms with E-state index in [9.17, 15) is 4.79 Å². The Labute approximate surface area is 78.0 Å². The largest absolute Gasteiger partial charge is 0.379 e. The van der Waals surface area contributed by atoms with Crippen molar-refractivity contribution in [1.29, 1.82) is 0 Å². The van der Waals surface area contributed by atoms with Crippen LogP contribution >= 0.6 is 0 Å². The maximum atomic E-state index is 11.6. The van der Waals surface area contributed by atoms with E-state index in [0.29, 0.717) is 6.61 Å². The third-order valence-electron chi connectivity index (χ3n) is 2.71. The summed E-state index contributed by atoms with van der Waals surface area (Å²) < 4.78 is 5.19. The number of ether oxygens (including phenoxy) is 1. The molecule has 0 spiro atoms. The van der Waals surface area contributed by atoms with E-state index in [1.165, 1.54) is 0 Å². The zero-order valence-corrected chi connectivity index (χ0v) is 7.71. The average molecular weight is 184 g/mol. The van der Waals surface area contributed by atoms with E-state index < -0.39 is 0 Å². The fourth-order valence-electron chi connectivity index (χ4n) is 1.85. The quantitative estimate of drug-likeness (QED) is 0.608. The Hall–Kier alpha value is -0.610. The van der Waals surface area contributed by atoms with Gasteiger partial charge in [0.1, 0.15) is 0 Å². The Kier molecular flexibility index (Phi) is 2.80. The van der Waals surface area contributed by atoms with Crippen molar-refractivity contribution in [1.82, 2.24) is 10.6 Å². The van der Waals surface area contributed by atoms with Gasteiger partial charge in [-0.05, 0) is 19.4 Å². The van der Waals surface area contributed by atoms with Gasteiger partial charge < -0.3 is 15.4 Å². The summed E-state index contributed by atoms with van der Waals surface area (Å²) in [6.07, 6.45) is 1.94. The predicted molar refractivity (Wildman–Crippen MR) is 48.3 cm³/mol. The van der Waals surface area contributed by atoms with Gasteiger partial charge in [-0.15, -0.1) is 0 Å². The monoisotopic (exact) mass is 184 g/mol. The number of hydrogen-bond donors (Lipinski definition) is 2. The zero-order chi connectivity index (χ0) is 9.10. The molecule has 2 heterocycles. The van der Waals surface area contributed by atoms with Crippen LogP contribution in [-0.4, -0.2) is 38.3 Å². The molecule has 4 heteroatoms. The van der Waals surface area contributed by atoms with Gasteiger partial charge in [-0.2, -0.15) is 0 Å². The molecule has 13 heavy (non-hydrogen) atoms. The molecule has 2 N–H and O–H groups in total. The molecule has 1 unspecified atom stereocenters. The molecule has 0 aromatic carbocycles. The molecular formula is C9H16N2O2. The minimum atomic E-state index is 0.181. The van der Waals surface area contributed by atoms with Crippen LogP contribution in [0.15, 0.2) is 0 Å². The predicted octanol–water partition coefficient (Wildman–Crippen LogP) is -0.499. The Bertz CT molecular complexity index is 184. The summed E-state index contributed by atoms with van der Waals surface area (Å²) in [5.74, 6) is 0.376. The standard InChI is InChI=1S/C9H16N2O2/c12-9(7-1-3-10-5-7)11-8-2-4-13-6-8/h7-8,10H,1-6H2,(H,11,12)/t7-,8?/m1/s1. The van der Waals surface area contributed by atoms with Crippen LogP contribution in [-0.2, 0) is 9.53 Å². The molecule has 0 bridgehead atoms. The van der Waals surface area contributed by atoms with Gasteiger partial charge in [0.25, 0.3) is 0 Å². The molecule has 2 rings (SSSR count). The summed E-state index contributed by atoms with van der Waals surface area (Å²) in [4.78, 5) is 11.6. The highest BCUT2D eigenvalue weighted by Crippen LogP contribution is 2.10. The molecule has 74 valence electrons. The van der Waals surface area contributed by atoms with E-state index in [1.54, 1.807) is 0 Å². The number of hydrogen-bond acceptors (Lipinski definition) is 3. The summed E-state index contributed by atoms with van der Waals surface area (Å²) in [6, 6.07) is 0.257. The molecule has 0 aromatic rings. The van der Waals surface area contributed by atoms with Crippen molar-refractivity contribution in [3.05, 3.63) is 0 Å². The highest BCUT2D eigenvalue weighted by molar-refractivity contribution is 5.79. The van der Waals surface area contributed by atoms with Gasteiger partial charge in [-0.25, -0.2) is 0 Å². The van der Waals surface area contributed by atoms with Crippen LogP contribution in [0.2, 0.25) is 0 Å². The van der Waals surface area contributed by atoms with Gasteiger partial charge >= 0.3 is 0 Å². The number of nitrogens with one attached hydrogen (secondary N) is 2. The van der Waals surface area contributed by atoms with Crippen molar-refractivity contribution in [2.24, 2.45) is 5.92 Å². The van der Waals surface area contributed by atoms with Crippen LogP contribution in [0, 0.1) is 5.92 Å². The summed E-state index contributed by atoms with van der Waals surface area (Å²) >= 11 is 0. The fraction of sp³-hybridized carbons (Fsp3) is 0.889. The number of carbonyl (C=O) groups is 1. The topological polar surface area (TPSA) is 50.4 Å². The van der Waals surface area contributed by atoms with Gasteiger partial charge in [0.2, 0.25) is 5.91 Å². The second kappa shape index (κ2) is 4.07. The molecule has 0 aromatic heterocycles. The Morgan fingerprint density at radius 1 is 1.46 bits per heavy atom. The maximum absolute atomic E-state index is 11.6. The molecule has 1 amide bonds. The van der Waals surface area contributed by atoms with Crippen molar-refractivity contribution < 1.29 is 9.53 Å². The molecule has 2 saturated heterocycles. The van der Waals surface area contributed by atoms with Crippen LogP contribution in [0.4, 0.5) is 0 Å². The first kappa shape index (κ1) is 8.97. The Balaban J connectivity index is 1.76. The summed E-state index contributed by atoms with van der Waals surface area (Å²) in [7, 11) is 0. The first-order valence-electron chi connectivity index (χ1n) is 4.95. The van der Waals surface area contributed by atoms with Crippen LogP contribution in [0.5, 0.6) is 0 Å². The molecule has 2 fully saturated rings. The SMILES string of the molecule is O=C(NC1CCOC1)[C@@H]1CCNC1. The van der Waals surface area contributed by atoms with E-state index in [4.69, 9.17) is 4.74 Å². The molecule has 2 atom stereocenters. The molecule has 0 aliphatic carbocycles. The van der Waals surface area contributed by atoms with E-state index in [-0.39, 0.29) is 17.9 Å². The van der Waals surface area contributed by atoms with Gasteiger partial charge in [-0.1, -0.05) is 0 Å². The minimum absolute atomic E-state index is 0.181. The lowest BCUT2D eigenvalue weighted by molar-refractivity contribution is -0.125. The van der Waals surface area contributed by atoms with Crippen LogP contribution in [0.1, 0.15) is 12.8 Å². The van der Waals surface area contributed by atoms with Crippen molar-refractivity contribution in [2.45, 2.75) is 18.9 Å². The van der Waals surface area contributed by atoms with E-state index in [1.807, 2.05) is 0 Å². The molecule has 2 aliphatic rings. The van der Waals surface area contributed by atoms with Crippen LogP contribution in [0.3, 0.4) is 0 Å². The van der Waals surface area contributed by atoms with Gasteiger partial charge in [-0.3, -0.25) is 4.79 Å². The first-order chi connectivity index (χ1) is 6.36. The highest BCUT2D eigenvalue weighted by atomic mass is 16.5. The molecular weight excluding hydrogens is 168 g/mol. The molecule has 0 radical (unpaired) electrons. The Morgan fingerprint density at radius 3 is 3.00 bits per heavy atom. The van der Waals surface area contributed by atoms with Crippen molar-refractivity contribution in [3.63, 3.8) is 0 Å². The maximum Gasteiger partial charge on any atom is 0.224 e. The summed E-state index contributed by atoms with van der Waals surface area (Å²) in [5.41, 5.74) is 0. The number of rotatable bonds is 2. The van der Waals surface area contributed by atoms with Gasteiger partial charge in [0, 0.05) is 13.2 Å². The normalized spacial score (nSPS) is 33.5. The molecule has 4 nitrogen and oxygen atoms in total. The Morgan fingerprint density at radius 2 is 2.38 bits per heavy atom. The van der Waals surface area contributed by atoms with E-state index in [0.717, 1.165) is 32.5 Å². The second-order valence-corrected chi connectivity index (χ2v) is 3.76. The molecule has 2 aliphatic heterocycles. The summed E-state index contributed by atoms with van der Waals surface area (Å²) in [6.45, 7) is 3.28. The van der Waals surface area contributed by atoms with Crippen molar-refractivity contribution >= 4 is 5.91 Å². The van der Waals surface area contributed by atoms with Gasteiger partial charge in [0.15, 0.2) is 0 Å². The van der Waals surface area contributed by atoms with E-state index >= 15 is 0 Å². The first-order valence-corrected chi connectivity index (χ1v) is 4.95. The van der Waals surface area contributed by atoms with Gasteiger partial charge in [0.05, 0.1) is 18.6 Å². The lowest BCUT2D eigenvalue weighted by Gasteiger charge is -2.13. The lowest BCUT2D eigenvalue weighted by atomic mass is 10.1. The van der Waals surface area contributed by atoms with Crippen molar-refractivity contribution in [3.8, 4) is 0 Å². The minimum Gasteiger partial charge on any atom is -0.379 e. The zero-order valence-electron chi connectivity index (χ0n) is 7.71. The highest BCUT2D eigenvalue weighted by Gasteiger charge is 2.25.